The van der Waals surface area contributed by atoms with E-state index in [0.717, 1.165) is 4.47 Å². The molecule has 0 saturated carbocycles. The fourth-order valence-corrected chi connectivity index (χ4v) is 2.76. The molecule has 0 aliphatic carbocycles. The van der Waals surface area contributed by atoms with Crippen molar-refractivity contribution in [1.82, 2.24) is 4.90 Å². The lowest BCUT2D eigenvalue weighted by molar-refractivity contribution is 0.148. The fraction of sp³-hybridized carbons (Fsp3) is 0.455. The van der Waals surface area contributed by atoms with Crippen LogP contribution in [-0.4, -0.2) is 43.3 Å². The summed E-state index contributed by atoms with van der Waals surface area (Å²) >= 11 is 15.4. The van der Waals surface area contributed by atoms with Crippen molar-refractivity contribution in [2.45, 2.75) is 6.10 Å². The average molecular weight is 342 g/mol. The Morgan fingerprint density at radius 2 is 1.88 bits per heavy atom. The molecule has 96 valence electrons. The minimum atomic E-state index is -0.471. The normalized spacial score (nSPS) is 12.9. The largest absolute Gasteiger partial charge is 0.390 e. The smallest absolute Gasteiger partial charge is 0.0838 e. The first-order valence-corrected chi connectivity index (χ1v) is 6.66. The Kier molecular flexibility index (Phi) is 6.03. The molecule has 0 radical (unpaired) electrons. The standard InChI is InChI=1S/C11H15BrCl2N2O/c1-16(2)6-8(17)5-15-11-9(13)3-7(12)4-10(11)14/h3-4,8,15,17H,5-6H2,1-2H3. The van der Waals surface area contributed by atoms with Crippen molar-refractivity contribution in [1.29, 1.82) is 0 Å². The third kappa shape index (κ3) is 5.02. The summed E-state index contributed by atoms with van der Waals surface area (Å²) in [6.45, 7) is 0.984. The van der Waals surface area contributed by atoms with Gasteiger partial charge >= 0.3 is 0 Å². The van der Waals surface area contributed by atoms with Crippen molar-refractivity contribution in [3.05, 3.63) is 26.7 Å². The Balaban J connectivity index is 2.63. The van der Waals surface area contributed by atoms with Crippen LogP contribution in [0.4, 0.5) is 5.69 Å². The Hall–Kier alpha value is -0.0000000000000000555. The first kappa shape index (κ1) is 15.1. The molecule has 0 fully saturated rings. The third-order valence-corrected chi connectivity index (χ3v) is 3.15. The summed E-state index contributed by atoms with van der Waals surface area (Å²) in [5.41, 5.74) is 0.648. The number of likely N-dealkylation sites (N-methyl/N-ethyl adjacent to an activating group) is 1. The van der Waals surface area contributed by atoms with Crippen LogP contribution in [0.3, 0.4) is 0 Å². The van der Waals surface area contributed by atoms with Crippen molar-refractivity contribution >= 4 is 44.8 Å². The van der Waals surface area contributed by atoms with E-state index in [-0.39, 0.29) is 0 Å². The van der Waals surface area contributed by atoms with E-state index in [9.17, 15) is 5.11 Å². The van der Waals surface area contributed by atoms with Crippen molar-refractivity contribution in [2.24, 2.45) is 0 Å². The molecule has 1 rings (SSSR count). The maximum Gasteiger partial charge on any atom is 0.0838 e. The molecule has 17 heavy (non-hydrogen) atoms. The van der Waals surface area contributed by atoms with E-state index in [4.69, 9.17) is 23.2 Å². The number of rotatable bonds is 5. The minimum absolute atomic E-state index is 0.402. The highest BCUT2D eigenvalue weighted by atomic mass is 79.9. The molecule has 0 amide bonds. The molecule has 1 aromatic rings. The van der Waals surface area contributed by atoms with Crippen LogP contribution >= 0.6 is 39.1 Å². The van der Waals surface area contributed by atoms with Crippen LogP contribution < -0.4 is 5.32 Å². The second kappa shape index (κ2) is 6.81. The van der Waals surface area contributed by atoms with Gasteiger partial charge in [-0.05, 0) is 26.2 Å². The molecular weight excluding hydrogens is 327 g/mol. The van der Waals surface area contributed by atoms with Crippen molar-refractivity contribution < 1.29 is 5.11 Å². The summed E-state index contributed by atoms with van der Waals surface area (Å²) in [4.78, 5) is 1.91. The molecule has 6 heteroatoms. The highest BCUT2D eigenvalue weighted by molar-refractivity contribution is 9.10. The predicted molar refractivity (Wildman–Crippen MR) is 77.2 cm³/mol. The lowest BCUT2D eigenvalue weighted by Crippen LogP contribution is -2.31. The number of aliphatic hydroxyl groups is 1. The van der Waals surface area contributed by atoms with Crippen LogP contribution in [0.2, 0.25) is 10.0 Å². The highest BCUT2D eigenvalue weighted by Gasteiger charge is 2.10. The zero-order valence-corrected chi connectivity index (χ0v) is 12.8. The topological polar surface area (TPSA) is 35.5 Å². The van der Waals surface area contributed by atoms with E-state index in [1.165, 1.54) is 0 Å². The van der Waals surface area contributed by atoms with Gasteiger partial charge in [0.2, 0.25) is 0 Å². The number of nitrogens with zero attached hydrogens (tertiary/aromatic N) is 1. The number of nitrogens with one attached hydrogen (secondary N) is 1. The summed E-state index contributed by atoms with van der Waals surface area (Å²) in [5, 5.41) is 13.8. The maximum atomic E-state index is 9.72. The average Bonchev–Trinajstić information content (AvgIpc) is 2.14. The van der Waals surface area contributed by atoms with Crippen LogP contribution in [0.5, 0.6) is 0 Å². The van der Waals surface area contributed by atoms with E-state index < -0.39 is 6.10 Å². The third-order valence-electron chi connectivity index (χ3n) is 2.10. The van der Waals surface area contributed by atoms with Gasteiger partial charge in [0.05, 0.1) is 21.8 Å². The molecule has 0 spiro atoms. The van der Waals surface area contributed by atoms with E-state index in [1.807, 2.05) is 19.0 Å². The van der Waals surface area contributed by atoms with Gasteiger partial charge < -0.3 is 15.3 Å². The number of anilines is 1. The molecule has 3 nitrogen and oxygen atoms in total. The van der Waals surface area contributed by atoms with Gasteiger partial charge in [0.25, 0.3) is 0 Å². The second-order valence-electron chi connectivity index (χ2n) is 4.04. The first-order chi connectivity index (χ1) is 7.90. The number of hydrogen-bond donors (Lipinski definition) is 2. The van der Waals surface area contributed by atoms with Gasteiger partial charge in [-0.15, -0.1) is 0 Å². The molecule has 1 unspecified atom stereocenters. The zero-order chi connectivity index (χ0) is 13.0. The van der Waals surface area contributed by atoms with Crippen LogP contribution in [-0.2, 0) is 0 Å². The predicted octanol–water partition coefficient (Wildman–Crippen LogP) is 3.09. The van der Waals surface area contributed by atoms with Crippen LogP contribution in [0, 0.1) is 0 Å². The molecule has 0 aliphatic rings. The van der Waals surface area contributed by atoms with E-state index >= 15 is 0 Å². The monoisotopic (exact) mass is 340 g/mol. The van der Waals surface area contributed by atoms with Gasteiger partial charge in [0.15, 0.2) is 0 Å². The van der Waals surface area contributed by atoms with Gasteiger partial charge in [-0.1, -0.05) is 39.1 Å². The lowest BCUT2D eigenvalue weighted by Gasteiger charge is -2.18. The van der Waals surface area contributed by atoms with Crippen LogP contribution in [0.25, 0.3) is 0 Å². The minimum Gasteiger partial charge on any atom is -0.390 e. The quantitative estimate of drug-likeness (QED) is 0.863. The first-order valence-electron chi connectivity index (χ1n) is 5.11. The van der Waals surface area contributed by atoms with E-state index in [2.05, 4.69) is 21.2 Å². The fourth-order valence-electron chi connectivity index (χ4n) is 1.42. The summed E-state index contributed by atoms with van der Waals surface area (Å²) in [5.74, 6) is 0. The van der Waals surface area contributed by atoms with Crippen molar-refractivity contribution in [3.63, 3.8) is 0 Å². The summed E-state index contributed by atoms with van der Waals surface area (Å²) in [6.07, 6.45) is -0.471. The van der Waals surface area contributed by atoms with Gasteiger partial charge in [-0.3, -0.25) is 0 Å². The highest BCUT2D eigenvalue weighted by Crippen LogP contribution is 2.33. The summed E-state index contributed by atoms with van der Waals surface area (Å²) in [6, 6.07) is 3.52. The van der Waals surface area contributed by atoms with Gasteiger partial charge in [0.1, 0.15) is 0 Å². The van der Waals surface area contributed by atoms with E-state index in [1.54, 1.807) is 12.1 Å². The number of halogens is 3. The molecule has 0 aliphatic heterocycles. The molecule has 1 atom stereocenters. The number of hydrogen-bond acceptors (Lipinski definition) is 3. The van der Waals surface area contributed by atoms with Crippen LogP contribution in [0.1, 0.15) is 0 Å². The molecule has 0 heterocycles. The zero-order valence-electron chi connectivity index (χ0n) is 9.67. The van der Waals surface area contributed by atoms with Crippen LogP contribution in [0.15, 0.2) is 16.6 Å². The van der Waals surface area contributed by atoms with Gasteiger partial charge in [-0.25, -0.2) is 0 Å². The Morgan fingerprint density at radius 3 is 2.35 bits per heavy atom. The van der Waals surface area contributed by atoms with Gasteiger partial charge in [0, 0.05) is 17.6 Å². The number of aliphatic hydroxyl groups excluding tert-OH is 1. The van der Waals surface area contributed by atoms with E-state index in [0.29, 0.717) is 28.8 Å². The molecular formula is C11H15BrCl2N2O. The molecule has 1 aromatic carbocycles. The van der Waals surface area contributed by atoms with Gasteiger partial charge in [-0.2, -0.15) is 0 Å². The Bertz CT molecular complexity index is 365. The SMILES string of the molecule is CN(C)CC(O)CNc1c(Cl)cc(Br)cc1Cl. The van der Waals surface area contributed by atoms with Crippen molar-refractivity contribution in [2.75, 3.05) is 32.5 Å². The molecule has 0 saturated heterocycles. The maximum absolute atomic E-state index is 9.72. The molecule has 0 aromatic heterocycles. The Morgan fingerprint density at radius 1 is 1.35 bits per heavy atom. The number of benzene rings is 1. The summed E-state index contributed by atoms with van der Waals surface area (Å²) < 4.78 is 0.826. The van der Waals surface area contributed by atoms with Crippen molar-refractivity contribution in [3.8, 4) is 0 Å². The molecule has 2 N–H and O–H groups in total. The second-order valence-corrected chi connectivity index (χ2v) is 5.77. The summed E-state index contributed by atoms with van der Waals surface area (Å²) in [7, 11) is 3.81. The Labute approximate surface area is 120 Å². The molecule has 0 bridgehead atoms. The lowest BCUT2D eigenvalue weighted by atomic mass is 10.3.